The van der Waals surface area contributed by atoms with Crippen LogP contribution in [0.15, 0.2) is 18.2 Å². The molecule has 4 nitrogen and oxygen atoms in total. The third-order valence-electron chi connectivity index (χ3n) is 4.46. The molecule has 3 rings (SSSR count). The van der Waals surface area contributed by atoms with Crippen LogP contribution in [0.25, 0.3) is 0 Å². The van der Waals surface area contributed by atoms with Crippen molar-refractivity contribution in [3.63, 3.8) is 0 Å². The summed E-state index contributed by atoms with van der Waals surface area (Å²) < 4.78 is 10.8. The quantitative estimate of drug-likeness (QED) is 0.741. The van der Waals surface area contributed by atoms with Gasteiger partial charge in [-0.3, -0.25) is 0 Å². The van der Waals surface area contributed by atoms with Crippen LogP contribution in [0.5, 0.6) is 11.5 Å². The standard InChI is InChI=1S/C15H22N2O2/c1-16-7-5-13(6-8-16)17(2)10-12-3-4-14-15(9-12)19-11-18-14/h3-4,9,13H,5-8,10-11H2,1-2H3/p+2. The zero-order valence-electron chi connectivity index (χ0n) is 11.9. The molecule has 1 unspecified atom stereocenters. The van der Waals surface area contributed by atoms with E-state index in [1.807, 2.05) is 6.07 Å². The molecule has 19 heavy (non-hydrogen) atoms. The van der Waals surface area contributed by atoms with E-state index >= 15 is 0 Å². The Balaban J connectivity index is 1.61. The van der Waals surface area contributed by atoms with E-state index in [2.05, 4.69) is 26.2 Å². The van der Waals surface area contributed by atoms with Gasteiger partial charge < -0.3 is 19.3 Å². The number of fused-ring (bicyclic) bond motifs is 1. The summed E-state index contributed by atoms with van der Waals surface area (Å²) in [4.78, 5) is 3.29. The average molecular weight is 264 g/mol. The predicted molar refractivity (Wildman–Crippen MR) is 72.8 cm³/mol. The van der Waals surface area contributed by atoms with Gasteiger partial charge in [0.25, 0.3) is 0 Å². The van der Waals surface area contributed by atoms with Crippen LogP contribution in [-0.4, -0.2) is 40.0 Å². The van der Waals surface area contributed by atoms with Crippen molar-refractivity contribution in [1.29, 1.82) is 0 Å². The first-order valence-corrected chi connectivity index (χ1v) is 7.24. The van der Waals surface area contributed by atoms with Crippen molar-refractivity contribution < 1.29 is 19.3 Å². The Morgan fingerprint density at radius 2 is 1.95 bits per heavy atom. The molecular weight excluding hydrogens is 240 g/mol. The minimum Gasteiger partial charge on any atom is -0.454 e. The number of likely N-dealkylation sites (tertiary alicyclic amines) is 1. The fraction of sp³-hybridized carbons (Fsp3) is 0.600. The van der Waals surface area contributed by atoms with Crippen LogP contribution in [0, 0.1) is 0 Å². The van der Waals surface area contributed by atoms with Crippen LogP contribution in [-0.2, 0) is 6.54 Å². The van der Waals surface area contributed by atoms with E-state index in [0.29, 0.717) is 6.79 Å². The van der Waals surface area contributed by atoms with Gasteiger partial charge in [-0.05, 0) is 18.2 Å². The third-order valence-corrected chi connectivity index (χ3v) is 4.46. The highest BCUT2D eigenvalue weighted by Crippen LogP contribution is 2.32. The van der Waals surface area contributed by atoms with Crippen LogP contribution in [0.2, 0.25) is 0 Å². The molecule has 1 atom stereocenters. The van der Waals surface area contributed by atoms with E-state index < -0.39 is 0 Å². The molecule has 4 heteroatoms. The number of benzene rings is 1. The van der Waals surface area contributed by atoms with Crippen LogP contribution in [0.1, 0.15) is 18.4 Å². The Bertz CT molecular complexity index is 442. The smallest absolute Gasteiger partial charge is 0.231 e. The molecule has 0 radical (unpaired) electrons. The second-order valence-electron chi connectivity index (χ2n) is 5.94. The van der Waals surface area contributed by atoms with Gasteiger partial charge in [0, 0.05) is 18.4 Å². The van der Waals surface area contributed by atoms with Crippen LogP contribution < -0.4 is 19.3 Å². The first kappa shape index (κ1) is 12.8. The van der Waals surface area contributed by atoms with Crippen molar-refractivity contribution in [3.8, 4) is 11.5 Å². The largest absolute Gasteiger partial charge is 0.454 e. The first-order chi connectivity index (χ1) is 9.22. The van der Waals surface area contributed by atoms with Gasteiger partial charge in [0.2, 0.25) is 6.79 Å². The lowest BCUT2D eigenvalue weighted by Gasteiger charge is -2.30. The Labute approximate surface area is 114 Å². The monoisotopic (exact) mass is 264 g/mol. The number of rotatable bonds is 3. The second-order valence-corrected chi connectivity index (χ2v) is 5.94. The summed E-state index contributed by atoms with van der Waals surface area (Å²) in [6, 6.07) is 7.13. The summed E-state index contributed by atoms with van der Waals surface area (Å²) in [6.45, 7) is 4.05. The molecule has 0 amide bonds. The Hall–Kier alpha value is -1.26. The van der Waals surface area contributed by atoms with Crippen LogP contribution in [0.3, 0.4) is 0 Å². The molecule has 2 N–H and O–H groups in total. The molecule has 0 bridgehead atoms. The number of hydrogen-bond acceptors (Lipinski definition) is 2. The lowest BCUT2D eigenvalue weighted by Crippen LogP contribution is -3.17. The molecule has 2 heterocycles. The second kappa shape index (κ2) is 5.39. The number of ether oxygens (including phenoxy) is 2. The predicted octanol–water partition coefficient (Wildman–Crippen LogP) is -0.893. The van der Waals surface area contributed by atoms with Crippen LogP contribution >= 0.6 is 0 Å². The Morgan fingerprint density at radius 1 is 1.21 bits per heavy atom. The fourth-order valence-corrected chi connectivity index (χ4v) is 3.12. The average Bonchev–Trinajstić information content (AvgIpc) is 2.87. The number of quaternary nitrogens is 2. The van der Waals surface area contributed by atoms with Crippen molar-refractivity contribution in [2.24, 2.45) is 0 Å². The fourth-order valence-electron chi connectivity index (χ4n) is 3.12. The van der Waals surface area contributed by atoms with E-state index in [1.54, 1.807) is 9.80 Å². The maximum Gasteiger partial charge on any atom is 0.231 e. The zero-order valence-corrected chi connectivity index (χ0v) is 11.9. The molecule has 0 saturated carbocycles. The van der Waals surface area contributed by atoms with Gasteiger partial charge in [0.1, 0.15) is 6.54 Å². The van der Waals surface area contributed by atoms with E-state index in [4.69, 9.17) is 9.47 Å². The highest BCUT2D eigenvalue weighted by atomic mass is 16.7. The molecule has 1 aromatic carbocycles. The minimum atomic E-state index is 0.360. The highest BCUT2D eigenvalue weighted by Gasteiger charge is 2.26. The summed E-state index contributed by atoms with van der Waals surface area (Å²) in [5.41, 5.74) is 1.34. The maximum atomic E-state index is 5.45. The number of nitrogens with one attached hydrogen (secondary N) is 2. The molecule has 0 aliphatic carbocycles. The molecule has 2 aliphatic rings. The van der Waals surface area contributed by atoms with Gasteiger partial charge in [-0.25, -0.2) is 0 Å². The van der Waals surface area contributed by atoms with Gasteiger partial charge in [0.05, 0.1) is 33.2 Å². The first-order valence-electron chi connectivity index (χ1n) is 7.24. The number of hydrogen-bond donors (Lipinski definition) is 2. The number of piperidine rings is 1. The van der Waals surface area contributed by atoms with E-state index in [1.165, 1.54) is 31.5 Å². The summed E-state index contributed by atoms with van der Waals surface area (Å²) in [5.74, 6) is 1.78. The molecular formula is C15H24N2O2+2. The van der Waals surface area contributed by atoms with Gasteiger partial charge >= 0.3 is 0 Å². The summed E-state index contributed by atoms with van der Waals surface area (Å²) in [7, 11) is 4.61. The molecule has 104 valence electrons. The minimum absolute atomic E-state index is 0.360. The van der Waals surface area contributed by atoms with E-state index in [9.17, 15) is 0 Å². The summed E-state index contributed by atoms with van der Waals surface area (Å²) in [5, 5.41) is 0. The van der Waals surface area contributed by atoms with Crippen molar-refractivity contribution in [3.05, 3.63) is 23.8 Å². The summed E-state index contributed by atoms with van der Waals surface area (Å²) >= 11 is 0. The van der Waals surface area contributed by atoms with Crippen molar-refractivity contribution >= 4 is 0 Å². The zero-order chi connectivity index (χ0) is 13.2. The molecule has 0 aromatic heterocycles. The Morgan fingerprint density at radius 3 is 2.74 bits per heavy atom. The van der Waals surface area contributed by atoms with E-state index in [-0.39, 0.29) is 0 Å². The van der Waals surface area contributed by atoms with Crippen molar-refractivity contribution in [1.82, 2.24) is 0 Å². The molecule has 2 aliphatic heterocycles. The maximum absolute atomic E-state index is 5.45. The van der Waals surface area contributed by atoms with Crippen molar-refractivity contribution in [2.45, 2.75) is 25.4 Å². The normalized spacial score (nSPS) is 27.3. The topological polar surface area (TPSA) is 27.3 Å². The van der Waals surface area contributed by atoms with Crippen LogP contribution in [0.4, 0.5) is 0 Å². The molecule has 1 aromatic rings. The van der Waals surface area contributed by atoms with Gasteiger partial charge in [-0.2, -0.15) is 0 Å². The molecule has 1 saturated heterocycles. The third kappa shape index (κ3) is 2.85. The van der Waals surface area contributed by atoms with E-state index in [0.717, 1.165) is 24.1 Å². The van der Waals surface area contributed by atoms with Gasteiger partial charge in [0.15, 0.2) is 11.5 Å². The van der Waals surface area contributed by atoms with Gasteiger partial charge in [-0.15, -0.1) is 0 Å². The molecule has 0 spiro atoms. The van der Waals surface area contributed by atoms with Crippen molar-refractivity contribution in [2.75, 3.05) is 34.0 Å². The molecule has 1 fully saturated rings. The summed E-state index contributed by atoms with van der Waals surface area (Å²) in [6.07, 6.45) is 2.67. The highest BCUT2D eigenvalue weighted by molar-refractivity contribution is 5.44. The lowest BCUT2D eigenvalue weighted by molar-refractivity contribution is -0.948. The Kier molecular flexibility index (Phi) is 3.62. The van der Waals surface area contributed by atoms with Gasteiger partial charge in [-0.1, -0.05) is 0 Å². The lowest BCUT2D eigenvalue weighted by atomic mass is 10.0. The SMILES string of the molecule is C[NH+]1CCC([NH+](C)Cc2ccc3c(c2)OCO3)CC1.